The van der Waals surface area contributed by atoms with E-state index in [0.29, 0.717) is 6.42 Å². The number of amides is 1. The van der Waals surface area contributed by atoms with Gasteiger partial charge in [-0.15, -0.1) is 21.5 Å². The molecule has 7 nitrogen and oxygen atoms in total. The summed E-state index contributed by atoms with van der Waals surface area (Å²) in [5.41, 5.74) is 0.808. The van der Waals surface area contributed by atoms with Crippen LogP contribution in [0.2, 0.25) is 0 Å². The van der Waals surface area contributed by atoms with Crippen molar-refractivity contribution in [3.05, 3.63) is 52.4 Å². The third-order valence-electron chi connectivity index (χ3n) is 5.24. The minimum atomic E-state index is -0.0845. The number of hydrogen-bond acceptors (Lipinski definition) is 7. The summed E-state index contributed by atoms with van der Waals surface area (Å²) in [6.45, 7) is 0.932. The molecule has 0 bridgehead atoms. The highest BCUT2D eigenvalue weighted by molar-refractivity contribution is 7.99. The van der Waals surface area contributed by atoms with Gasteiger partial charge in [0.25, 0.3) is 5.91 Å². The highest BCUT2D eigenvalue weighted by Gasteiger charge is 2.34. The van der Waals surface area contributed by atoms with Gasteiger partial charge in [0.1, 0.15) is 17.3 Å². The lowest BCUT2D eigenvalue weighted by atomic mass is 10.1. The summed E-state index contributed by atoms with van der Waals surface area (Å²) in [7, 11) is 0. The Labute approximate surface area is 176 Å². The summed E-state index contributed by atoms with van der Waals surface area (Å²) in [4.78, 5) is 14.2. The van der Waals surface area contributed by atoms with Crippen LogP contribution in [0.5, 0.6) is 0 Å². The summed E-state index contributed by atoms with van der Waals surface area (Å²) in [5.74, 6) is 2.01. The predicted octanol–water partition coefficient (Wildman–Crippen LogP) is 4.13. The maximum Gasteiger partial charge on any atom is 0.253 e. The van der Waals surface area contributed by atoms with Crippen molar-refractivity contribution in [3.8, 4) is 0 Å². The fourth-order valence-electron chi connectivity index (χ4n) is 3.79. The number of aryl methyl sites for hydroxylation is 1. The Morgan fingerprint density at radius 1 is 1.24 bits per heavy atom. The molecule has 0 saturated carbocycles. The van der Waals surface area contributed by atoms with Gasteiger partial charge in [0.15, 0.2) is 5.16 Å². The van der Waals surface area contributed by atoms with E-state index in [9.17, 15) is 4.79 Å². The molecule has 2 aliphatic heterocycles. The SMILES string of the molecule is O=C(CSc1nnc2n1CCCCC2)N1N=C(c2ccco2)C[C@H]1c1cccs1. The quantitative estimate of drug-likeness (QED) is 0.572. The van der Waals surface area contributed by atoms with Crippen molar-refractivity contribution < 1.29 is 9.21 Å². The topological polar surface area (TPSA) is 76.5 Å². The van der Waals surface area contributed by atoms with Crippen LogP contribution in [-0.4, -0.2) is 37.1 Å². The molecule has 1 atom stereocenters. The molecule has 5 heterocycles. The molecule has 0 saturated heterocycles. The monoisotopic (exact) mass is 427 g/mol. The Balaban J connectivity index is 1.34. The van der Waals surface area contributed by atoms with Gasteiger partial charge in [0.2, 0.25) is 0 Å². The van der Waals surface area contributed by atoms with E-state index in [-0.39, 0.29) is 17.7 Å². The lowest BCUT2D eigenvalue weighted by molar-refractivity contribution is -0.130. The number of thiophene rings is 1. The first-order valence-electron chi connectivity index (χ1n) is 9.81. The number of hydrogen-bond donors (Lipinski definition) is 0. The zero-order valence-electron chi connectivity index (χ0n) is 15.9. The van der Waals surface area contributed by atoms with Gasteiger partial charge in [-0.05, 0) is 36.4 Å². The molecular weight excluding hydrogens is 406 g/mol. The maximum absolute atomic E-state index is 13.1. The average Bonchev–Trinajstić information content (AvgIpc) is 3.51. The molecule has 1 amide bonds. The van der Waals surface area contributed by atoms with E-state index in [1.165, 1.54) is 18.2 Å². The Morgan fingerprint density at radius 3 is 3.03 bits per heavy atom. The van der Waals surface area contributed by atoms with Crippen LogP contribution in [0.25, 0.3) is 0 Å². The smallest absolute Gasteiger partial charge is 0.253 e. The van der Waals surface area contributed by atoms with Crippen molar-refractivity contribution in [3.63, 3.8) is 0 Å². The van der Waals surface area contributed by atoms with Crippen molar-refractivity contribution in [1.29, 1.82) is 0 Å². The first-order valence-corrected chi connectivity index (χ1v) is 11.7. The predicted molar refractivity (Wildman–Crippen MR) is 112 cm³/mol. The van der Waals surface area contributed by atoms with E-state index in [1.807, 2.05) is 23.6 Å². The van der Waals surface area contributed by atoms with E-state index in [1.54, 1.807) is 22.6 Å². The van der Waals surface area contributed by atoms with E-state index >= 15 is 0 Å². The molecule has 2 aliphatic rings. The number of hydrazone groups is 1. The molecule has 3 aromatic heterocycles. The van der Waals surface area contributed by atoms with E-state index in [0.717, 1.165) is 53.1 Å². The van der Waals surface area contributed by atoms with Crippen molar-refractivity contribution in [2.45, 2.75) is 49.8 Å². The molecule has 0 fully saturated rings. The minimum Gasteiger partial charge on any atom is -0.463 e. The van der Waals surface area contributed by atoms with Crippen molar-refractivity contribution >= 4 is 34.7 Å². The molecule has 0 unspecified atom stereocenters. The summed E-state index contributed by atoms with van der Waals surface area (Å²) >= 11 is 3.10. The second-order valence-corrected chi connectivity index (χ2v) is 9.07. The molecule has 0 aliphatic carbocycles. The highest BCUT2D eigenvalue weighted by Crippen LogP contribution is 2.36. The molecule has 29 heavy (non-hydrogen) atoms. The Hall–Kier alpha value is -2.39. The lowest BCUT2D eigenvalue weighted by Gasteiger charge is -2.20. The minimum absolute atomic E-state index is 0.0269. The van der Waals surface area contributed by atoms with Crippen LogP contribution in [0, 0.1) is 0 Å². The largest absolute Gasteiger partial charge is 0.463 e. The third kappa shape index (κ3) is 3.76. The Kier molecular flexibility index (Phi) is 5.24. The number of thioether (sulfide) groups is 1. The molecule has 0 radical (unpaired) electrons. The second kappa shape index (κ2) is 8.16. The summed E-state index contributed by atoms with van der Waals surface area (Å²) in [5, 5.41) is 17.8. The first-order chi connectivity index (χ1) is 14.3. The van der Waals surface area contributed by atoms with Crippen LogP contribution in [0.1, 0.15) is 48.2 Å². The summed E-state index contributed by atoms with van der Waals surface area (Å²) < 4.78 is 7.68. The van der Waals surface area contributed by atoms with Gasteiger partial charge in [0.05, 0.1) is 18.1 Å². The van der Waals surface area contributed by atoms with Gasteiger partial charge < -0.3 is 8.98 Å². The van der Waals surface area contributed by atoms with E-state index in [2.05, 4.69) is 25.9 Å². The van der Waals surface area contributed by atoms with Crippen LogP contribution in [0.3, 0.4) is 0 Å². The maximum atomic E-state index is 13.1. The van der Waals surface area contributed by atoms with Gasteiger partial charge in [-0.2, -0.15) is 5.10 Å². The molecule has 9 heteroatoms. The molecule has 150 valence electrons. The van der Waals surface area contributed by atoms with Crippen molar-refractivity contribution in [2.24, 2.45) is 5.10 Å². The summed E-state index contributed by atoms with van der Waals surface area (Å²) in [6.07, 6.45) is 6.76. The molecule has 0 aromatic carbocycles. The molecule has 5 rings (SSSR count). The van der Waals surface area contributed by atoms with Crippen molar-refractivity contribution in [1.82, 2.24) is 19.8 Å². The molecular formula is C20H21N5O2S2. The third-order valence-corrected chi connectivity index (χ3v) is 7.17. The Morgan fingerprint density at radius 2 is 2.21 bits per heavy atom. The van der Waals surface area contributed by atoms with Gasteiger partial charge in [-0.1, -0.05) is 24.2 Å². The average molecular weight is 428 g/mol. The molecule has 0 N–H and O–H groups in total. The van der Waals surface area contributed by atoms with Crippen LogP contribution < -0.4 is 0 Å². The van der Waals surface area contributed by atoms with Gasteiger partial charge in [-0.3, -0.25) is 4.79 Å². The number of carbonyl (C=O) groups is 1. The Bertz CT molecular complexity index is 1010. The van der Waals surface area contributed by atoms with E-state index < -0.39 is 0 Å². The van der Waals surface area contributed by atoms with Crippen molar-refractivity contribution in [2.75, 3.05) is 5.75 Å². The fourth-order valence-corrected chi connectivity index (χ4v) is 5.44. The highest BCUT2D eigenvalue weighted by atomic mass is 32.2. The van der Waals surface area contributed by atoms with Gasteiger partial charge in [0, 0.05) is 24.3 Å². The van der Waals surface area contributed by atoms with Gasteiger partial charge >= 0.3 is 0 Å². The first kappa shape index (κ1) is 18.6. The summed E-state index contributed by atoms with van der Waals surface area (Å²) in [6, 6.07) is 7.71. The second-order valence-electron chi connectivity index (χ2n) is 7.15. The number of furan rings is 1. The molecule has 0 spiro atoms. The number of nitrogens with zero attached hydrogens (tertiary/aromatic N) is 5. The zero-order chi connectivity index (χ0) is 19.6. The number of rotatable bonds is 5. The van der Waals surface area contributed by atoms with Crippen LogP contribution in [0.4, 0.5) is 0 Å². The fraction of sp³-hybridized carbons (Fsp3) is 0.400. The normalized spacial score (nSPS) is 19.1. The van der Waals surface area contributed by atoms with E-state index in [4.69, 9.17) is 4.42 Å². The number of carbonyl (C=O) groups excluding carboxylic acids is 1. The molecule has 3 aromatic rings. The zero-order valence-corrected chi connectivity index (χ0v) is 17.5. The lowest BCUT2D eigenvalue weighted by Crippen LogP contribution is -2.28. The number of aromatic nitrogens is 3. The van der Waals surface area contributed by atoms with Crippen LogP contribution in [0.15, 0.2) is 50.6 Å². The number of fused-ring (bicyclic) bond motifs is 1. The van der Waals surface area contributed by atoms with Gasteiger partial charge in [-0.25, -0.2) is 5.01 Å². The van der Waals surface area contributed by atoms with Crippen LogP contribution in [-0.2, 0) is 17.8 Å². The standard InChI is InChI=1S/C20H21N5O2S2/c26-19(13-29-20-22-21-18-8-2-1-3-9-24(18)20)25-15(17-7-5-11-28-17)12-14(23-25)16-6-4-10-27-16/h4-7,10-11,15H,1-3,8-9,12-13H2/t15-/m0/s1. The van der Waals surface area contributed by atoms with Crippen LogP contribution >= 0.6 is 23.1 Å².